The summed E-state index contributed by atoms with van der Waals surface area (Å²) in [6.45, 7) is 4.47. The van der Waals surface area contributed by atoms with Gasteiger partial charge in [-0.25, -0.2) is 13.2 Å². The van der Waals surface area contributed by atoms with Gasteiger partial charge in [0.2, 0.25) is 0 Å². The molecule has 0 aliphatic heterocycles. The minimum Gasteiger partial charge on any atom is -0.247 e. The van der Waals surface area contributed by atoms with Gasteiger partial charge in [0.05, 0.1) is 0 Å². The first-order valence-corrected chi connectivity index (χ1v) is 15.4. The molecule has 0 spiro atoms. The van der Waals surface area contributed by atoms with Gasteiger partial charge in [-0.1, -0.05) is 65.2 Å². The molecule has 0 bridgehead atoms. The van der Waals surface area contributed by atoms with Crippen LogP contribution in [0.5, 0.6) is 0 Å². The van der Waals surface area contributed by atoms with E-state index in [0.717, 1.165) is 70.1 Å². The monoisotopic (exact) mass is 482 g/mol. The summed E-state index contributed by atoms with van der Waals surface area (Å²) in [7, 11) is 0. The fraction of sp³-hybridized carbons (Fsp3) is 1.00. The SMILES string of the molecule is CCCC1CCC(C2CCC(CCC3CCC(C4CCC(CC)CC4)C(F)C3F)CC2)C(F)C1. The number of halogens is 3. The Morgan fingerprint density at radius 2 is 1.12 bits per heavy atom. The summed E-state index contributed by atoms with van der Waals surface area (Å²) >= 11 is 0. The molecule has 7 atom stereocenters. The topological polar surface area (TPSA) is 0 Å². The lowest BCUT2D eigenvalue weighted by Gasteiger charge is -2.42. The molecule has 0 aromatic heterocycles. The second-order valence-electron chi connectivity index (χ2n) is 13.1. The number of hydrogen-bond donors (Lipinski definition) is 0. The Bertz CT molecular complexity index is 577. The predicted molar refractivity (Wildman–Crippen MR) is 137 cm³/mol. The Kier molecular flexibility index (Phi) is 10.1. The minimum atomic E-state index is -1.25. The fourth-order valence-corrected chi connectivity index (χ4v) is 8.82. The molecule has 3 heteroatoms. The molecule has 4 fully saturated rings. The first-order valence-electron chi connectivity index (χ1n) is 15.4. The number of alkyl halides is 3. The summed E-state index contributed by atoms with van der Waals surface area (Å²) in [5.41, 5.74) is 0. The molecule has 0 aromatic rings. The summed E-state index contributed by atoms with van der Waals surface area (Å²) in [6.07, 6.45) is 16.7. The molecule has 0 saturated heterocycles. The van der Waals surface area contributed by atoms with Crippen LogP contribution in [0.1, 0.15) is 129 Å². The molecule has 0 amide bonds. The van der Waals surface area contributed by atoms with E-state index in [1.165, 1.54) is 51.4 Å². The molecule has 4 aliphatic carbocycles. The van der Waals surface area contributed by atoms with Crippen molar-refractivity contribution in [3.63, 3.8) is 0 Å². The maximum Gasteiger partial charge on any atom is 0.134 e. The van der Waals surface area contributed by atoms with Gasteiger partial charge in [-0.3, -0.25) is 0 Å². The lowest BCUT2D eigenvalue weighted by atomic mass is 9.65. The second kappa shape index (κ2) is 12.8. The zero-order chi connectivity index (χ0) is 24.1. The highest BCUT2D eigenvalue weighted by Crippen LogP contribution is 2.47. The highest BCUT2D eigenvalue weighted by Gasteiger charge is 2.44. The molecule has 198 valence electrons. The van der Waals surface area contributed by atoms with Crippen molar-refractivity contribution in [1.82, 2.24) is 0 Å². The molecule has 0 radical (unpaired) electrons. The van der Waals surface area contributed by atoms with Crippen LogP contribution in [0.15, 0.2) is 0 Å². The fourth-order valence-electron chi connectivity index (χ4n) is 8.82. The van der Waals surface area contributed by atoms with Gasteiger partial charge < -0.3 is 0 Å². The van der Waals surface area contributed by atoms with Crippen molar-refractivity contribution in [2.45, 2.75) is 148 Å². The largest absolute Gasteiger partial charge is 0.247 e. The molecular formula is C31H53F3. The van der Waals surface area contributed by atoms with Crippen molar-refractivity contribution in [2.24, 2.45) is 47.3 Å². The molecule has 0 nitrogen and oxygen atoms in total. The highest BCUT2D eigenvalue weighted by atomic mass is 19.2. The molecule has 4 aliphatic rings. The van der Waals surface area contributed by atoms with E-state index in [0.29, 0.717) is 29.6 Å². The standard InChI is InChI=1S/C31H53F3/c1-3-5-23-11-18-27(29(32)20-23)24-14-8-22(9-15-24)10-16-26-17-19-28(31(34)30(26)33)25-12-6-21(4-2)7-13-25/h21-31H,3-20H2,1-2H3. The van der Waals surface area contributed by atoms with Crippen LogP contribution in [-0.2, 0) is 0 Å². The van der Waals surface area contributed by atoms with Crippen molar-refractivity contribution in [1.29, 1.82) is 0 Å². The van der Waals surface area contributed by atoms with E-state index < -0.39 is 18.5 Å². The highest BCUT2D eigenvalue weighted by molar-refractivity contribution is 4.93. The Hall–Kier alpha value is -0.210. The third kappa shape index (κ3) is 6.56. The van der Waals surface area contributed by atoms with Crippen LogP contribution in [0.2, 0.25) is 0 Å². The molecule has 0 aromatic carbocycles. The lowest BCUT2D eigenvalue weighted by Crippen LogP contribution is -2.42. The van der Waals surface area contributed by atoms with Crippen molar-refractivity contribution in [3.8, 4) is 0 Å². The van der Waals surface area contributed by atoms with E-state index in [1.807, 2.05) is 0 Å². The molecule has 4 saturated carbocycles. The average Bonchev–Trinajstić information content (AvgIpc) is 2.86. The van der Waals surface area contributed by atoms with Gasteiger partial charge >= 0.3 is 0 Å². The van der Waals surface area contributed by atoms with E-state index in [-0.39, 0.29) is 11.8 Å². The maximum atomic E-state index is 15.2. The molecule has 4 rings (SSSR count). The van der Waals surface area contributed by atoms with Crippen molar-refractivity contribution in [2.75, 3.05) is 0 Å². The maximum absolute atomic E-state index is 15.2. The summed E-state index contributed by atoms with van der Waals surface area (Å²) in [6, 6.07) is 0. The van der Waals surface area contributed by atoms with Gasteiger partial charge in [0.15, 0.2) is 0 Å². The van der Waals surface area contributed by atoms with Crippen LogP contribution < -0.4 is 0 Å². The van der Waals surface area contributed by atoms with Gasteiger partial charge in [-0.05, 0) is 112 Å². The van der Waals surface area contributed by atoms with Gasteiger partial charge in [0.25, 0.3) is 0 Å². The third-order valence-corrected chi connectivity index (χ3v) is 11.2. The Morgan fingerprint density at radius 1 is 0.529 bits per heavy atom. The van der Waals surface area contributed by atoms with Crippen molar-refractivity contribution < 1.29 is 13.2 Å². The molecule has 34 heavy (non-hydrogen) atoms. The lowest BCUT2D eigenvalue weighted by molar-refractivity contribution is -0.0164. The predicted octanol–water partition coefficient (Wildman–Crippen LogP) is 10.0. The van der Waals surface area contributed by atoms with Crippen LogP contribution in [0.4, 0.5) is 13.2 Å². The quantitative estimate of drug-likeness (QED) is 0.323. The minimum absolute atomic E-state index is 0.0273. The third-order valence-electron chi connectivity index (χ3n) is 11.2. The second-order valence-corrected chi connectivity index (χ2v) is 13.1. The Labute approximate surface area is 208 Å². The molecule has 0 heterocycles. The van der Waals surface area contributed by atoms with Crippen LogP contribution in [0.3, 0.4) is 0 Å². The van der Waals surface area contributed by atoms with Crippen LogP contribution in [0.25, 0.3) is 0 Å². The normalized spacial score (nSPS) is 46.3. The van der Waals surface area contributed by atoms with Gasteiger partial charge in [-0.2, -0.15) is 0 Å². The van der Waals surface area contributed by atoms with E-state index in [9.17, 15) is 4.39 Å². The zero-order valence-corrected chi connectivity index (χ0v) is 22.2. The first-order chi connectivity index (χ1) is 16.5. The summed E-state index contributed by atoms with van der Waals surface area (Å²) in [5.74, 6) is 3.26. The number of rotatable bonds is 8. The van der Waals surface area contributed by atoms with Crippen LogP contribution in [0, 0.1) is 47.3 Å². The van der Waals surface area contributed by atoms with E-state index in [2.05, 4.69) is 13.8 Å². The molecular weight excluding hydrogens is 429 g/mol. The number of hydrogen-bond acceptors (Lipinski definition) is 0. The zero-order valence-electron chi connectivity index (χ0n) is 22.2. The summed E-state index contributed by atoms with van der Waals surface area (Å²) in [4.78, 5) is 0. The molecule has 0 N–H and O–H groups in total. The van der Waals surface area contributed by atoms with Gasteiger partial charge in [0, 0.05) is 0 Å². The van der Waals surface area contributed by atoms with Crippen molar-refractivity contribution in [3.05, 3.63) is 0 Å². The van der Waals surface area contributed by atoms with E-state index in [4.69, 9.17) is 0 Å². The van der Waals surface area contributed by atoms with Crippen molar-refractivity contribution >= 4 is 0 Å². The summed E-state index contributed by atoms with van der Waals surface area (Å²) in [5, 5.41) is 0. The van der Waals surface area contributed by atoms with Crippen LogP contribution >= 0.6 is 0 Å². The van der Waals surface area contributed by atoms with E-state index in [1.54, 1.807) is 0 Å². The van der Waals surface area contributed by atoms with Gasteiger partial charge in [-0.15, -0.1) is 0 Å². The smallest absolute Gasteiger partial charge is 0.134 e. The first kappa shape index (κ1) is 26.8. The average molecular weight is 483 g/mol. The van der Waals surface area contributed by atoms with Crippen LogP contribution in [-0.4, -0.2) is 18.5 Å². The Morgan fingerprint density at radius 3 is 1.74 bits per heavy atom. The Balaban J connectivity index is 1.16. The van der Waals surface area contributed by atoms with Gasteiger partial charge in [0.1, 0.15) is 18.5 Å². The summed E-state index contributed by atoms with van der Waals surface area (Å²) < 4.78 is 45.2. The molecule has 7 unspecified atom stereocenters. The van der Waals surface area contributed by atoms with E-state index >= 15 is 8.78 Å².